The van der Waals surface area contributed by atoms with E-state index in [4.69, 9.17) is 9.47 Å². The van der Waals surface area contributed by atoms with Crippen LogP contribution in [0.4, 0.5) is 10.5 Å². The van der Waals surface area contributed by atoms with E-state index in [0.717, 1.165) is 32.8 Å². The lowest BCUT2D eigenvalue weighted by molar-refractivity contribution is 0.0388. The number of esters is 1. The second-order valence-corrected chi connectivity index (χ2v) is 5.13. The van der Waals surface area contributed by atoms with Crippen LogP contribution in [0, 0.1) is 0 Å². The van der Waals surface area contributed by atoms with Gasteiger partial charge in [-0.25, -0.2) is 9.59 Å². The summed E-state index contributed by atoms with van der Waals surface area (Å²) in [4.78, 5) is 25.6. The number of amides is 2. The number of nitrogens with zero attached hydrogens (tertiary/aromatic N) is 1. The van der Waals surface area contributed by atoms with Crippen LogP contribution in [-0.4, -0.2) is 62.9 Å². The summed E-state index contributed by atoms with van der Waals surface area (Å²) in [7, 11) is 0. The molecule has 0 spiro atoms. The SMILES string of the molecule is CCOC(=O)c1ccc(NC(=O)NCCN2CCOCC2)cc1. The molecule has 0 saturated carbocycles. The highest BCUT2D eigenvalue weighted by molar-refractivity contribution is 5.92. The minimum absolute atomic E-state index is 0.262. The summed E-state index contributed by atoms with van der Waals surface area (Å²) < 4.78 is 10.2. The van der Waals surface area contributed by atoms with Crippen LogP contribution in [0.3, 0.4) is 0 Å². The van der Waals surface area contributed by atoms with E-state index in [2.05, 4.69) is 15.5 Å². The Labute approximate surface area is 135 Å². The van der Waals surface area contributed by atoms with Crippen LogP contribution in [0.5, 0.6) is 0 Å². The summed E-state index contributed by atoms with van der Waals surface area (Å²) >= 11 is 0. The molecular formula is C16H23N3O4. The van der Waals surface area contributed by atoms with Crippen molar-refractivity contribution in [3.63, 3.8) is 0 Å². The summed E-state index contributed by atoms with van der Waals surface area (Å²) in [5.74, 6) is -0.367. The smallest absolute Gasteiger partial charge is 0.338 e. The van der Waals surface area contributed by atoms with Crippen LogP contribution in [0.1, 0.15) is 17.3 Å². The maximum atomic E-state index is 11.8. The van der Waals surface area contributed by atoms with E-state index in [-0.39, 0.29) is 12.0 Å². The Kier molecular flexibility index (Phi) is 6.83. The number of morpholine rings is 1. The summed E-state index contributed by atoms with van der Waals surface area (Å²) in [5.41, 5.74) is 1.09. The molecule has 1 saturated heterocycles. The highest BCUT2D eigenvalue weighted by atomic mass is 16.5. The van der Waals surface area contributed by atoms with Crippen LogP contribution >= 0.6 is 0 Å². The van der Waals surface area contributed by atoms with Crippen molar-refractivity contribution in [1.29, 1.82) is 0 Å². The van der Waals surface area contributed by atoms with E-state index in [9.17, 15) is 9.59 Å². The molecule has 2 amide bonds. The van der Waals surface area contributed by atoms with Gasteiger partial charge in [-0.1, -0.05) is 0 Å². The van der Waals surface area contributed by atoms with Gasteiger partial charge in [0.05, 0.1) is 25.4 Å². The van der Waals surface area contributed by atoms with Gasteiger partial charge < -0.3 is 20.1 Å². The molecule has 1 aliphatic rings. The Morgan fingerprint density at radius 2 is 1.91 bits per heavy atom. The largest absolute Gasteiger partial charge is 0.462 e. The number of ether oxygens (including phenoxy) is 2. The van der Waals surface area contributed by atoms with Crippen molar-refractivity contribution in [2.75, 3.05) is 51.3 Å². The zero-order valence-corrected chi connectivity index (χ0v) is 13.3. The molecule has 0 bridgehead atoms. The molecule has 126 valence electrons. The topological polar surface area (TPSA) is 79.9 Å². The molecule has 0 aliphatic carbocycles. The van der Waals surface area contributed by atoms with Gasteiger partial charge in [0.15, 0.2) is 0 Å². The van der Waals surface area contributed by atoms with Crippen LogP contribution < -0.4 is 10.6 Å². The predicted molar refractivity (Wildman–Crippen MR) is 86.7 cm³/mol. The van der Waals surface area contributed by atoms with Gasteiger partial charge in [-0.15, -0.1) is 0 Å². The average Bonchev–Trinajstić information content (AvgIpc) is 2.57. The number of urea groups is 1. The monoisotopic (exact) mass is 321 g/mol. The average molecular weight is 321 g/mol. The minimum atomic E-state index is -0.367. The first-order valence-electron chi connectivity index (χ1n) is 7.81. The van der Waals surface area contributed by atoms with Gasteiger partial charge in [0.1, 0.15) is 0 Å². The first kappa shape index (κ1) is 17.2. The zero-order valence-electron chi connectivity index (χ0n) is 13.3. The van der Waals surface area contributed by atoms with E-state index in [1.54, 1.807) is 31.2 Å². The van der Waals surface area contributed by atoms with Gasteiger partial charge in [0.2, 0.25) is 0 Å². The summed E-state index contributed by atoms with van der Waals surface area (Å²) in [6.07, 6.45) is 0. The third-order valence-corrected chi connectivity index (χ3v) is 3.47. The summed E-state index contributed by atoms with van der Waals surface area (Å²) in [6.45, 7) is 6.78. The number of carbonyl (C=O) groups excluding carboxylic acids is 2. The van der Waals surface area contributed by atoms with Crippen LogP contribution in [0.15, 0.2) is 24.3 Å². The molecule has 2 N–H and O–H groups in total. The lowest BCUT2D eigenvalue weighted by Crippen LogP contribution is -2.42. The van der Waals surface area contributed by atoms with Crippen molar-refractivity contribution in [1.82, 2.24) is 10.2 Å². The van der Waals surface area contributed by atoms with Gasteiger partial charge in [-0.2, -0.15) is 0 Å². The second kappa shape index (κ2) is 9.12. The molecule has 7 heteroatoms. The van der Waals surface area contributed by atoms with E-state index < -0.39 is 0 Å². The normalized spacial score (nSPS) is 15.0. The number of rotatable bonds is 6. The van der Waals surface area contributed by atoms with Crippen molar-refractivity contribution in [3.05, 3.63) is 29.8 Å². The van der Waals surface area contributed by atoms with E-state index in [0.29, 0.717) is 24.4 Å². The van der Waals surface area contributed by atoms with Gasteiger partial charge in [-0.3, -0.25) is 4.90 Å². The molecule has 1 fully saturated rings. The molecule has 1 aliphatic heterocycles. The molecule has 7 nitrogen and oxygen atoms in total. The number of hydrogen-bond acceptors (Lipinski definition) is 5. The van der Waals surface area contributed by atoms with Crippen molar-refractivity contribution in [3.8, 4) is 0 Å². The predicted octanol–water partition coefficient (Wildman–Crippen LogP) is 1.32. The molecule has 23 heavy (non-hydrogen) atoms. The fourth-order valence-electron chi connectivity index (χ4n) is 2.23. The van der Waals surface area contributed by atoms with Gasteiger partial charge >= 0.3 is 12.0 Å². The van der Waals surface area contributed by atoms with Crippen molar-refractivity contribution < 1.29 is 19.1 Å². The summed E-state index contributed by atoms with van der Waals surface area (Å²) in [6, 6.07) is 6.34. The number of nitrogens with one attached hydrogen (secondary N) is 2. The van der Waals surface area contributed by atoms with Crippen molar-refractivity contribution in [2.45, 2.75) is 6.92 Å². The number of hydrogen-bond donors (Lipinski definition) is 2. The molecule has 0 radical (unpaired) electrons. The fraction of sp³-hybridized carbons (Fsp3) is 0.500. The molecule has 1 aromatic rings. The third kappa shape index (κ3) is 5.88. The quantitative estimate of drug-likeness (QED) is 0.773. The Hall–Kier alpha value is -2.12. The standard InChI is InChI=1S/C16H23N3O4/c1-2-23-15(20)13-3-5-14(6-4-13)18-16(21)17-7-8-19-9-11-22-12-10-19/h3-6H,2,7-12H2,1H3,(H2,17,18,21). The highest BCUT2D eigenvalue weighted by Gasteiger charge is 2.10. The summed E-state index contributed by atoms with van der Waals surface area (Å²) in [5, 5.41) is 5.54. The van der Waals surface area contributed by atoms with E-state index >= 15 is 0 Å². The van der Waals surface area contributed by atoms with E-state index in [1.165, 1.54) is 0 Å². The lowest BCUT2D eigenvalue weighted by atomic mass is 10.2. The molecule has 1 heterocycles. The first-order valence-corrected chi connectivity index (χ1v) is 7.81. The Balaban J connectivity index is 1.71. The molecular weight excluding hydrogens is 298 g/mol. The van der Waals surface area contributed by atoms with Gasteiger partial charge in [-0.05, 0) is 31.2 Å². The van der Waals surface area contributed by atoms with Crippen LogP contribution in [0.25, 0.3) is 0 Å². The maximum Gasteiger partial charge on any atom is 0.338 e. The lowest BCUT2D eigenvalue weighted by Gasteiger charge is -2.26. The number of anilines is 1. The Morgan fingerprint density at radius 1 is 1.22 bits per heavy atom. The molecule has 1 aromatic carbocycles. The van der Waals surface area contributed by atoms with Gasteiger partial charge in [0, 0.05) is 31.9 Å². The Morgan fingerprint density at radius 3 is 2.57 bits per heavy atom. The zero-order chi connectivity index (χ0) is 16.5. The number of carbonyl (C=O) groups is 2. The third-order valence-electron chi connectivity index (χ3n) is 3.47. The van der Waals surface area contributed by atoms with Gasteiger partial charge in [0.25, 0.3) is 0 Å². The molecule has 2 rings (SSSR count). The van der Waals surface area contributed by atoms with E-state index in [1.807, 2.05) is 0 Å². The van der Waals surface area contributed by atoms with Crippen LogP contribution in [0.2, 0.25) is 0 Å². The van der Waals surface area contributed by atoms with Crippen LogP contribution in [-0.2, 0) is 9.47 Å². The Bertz CT molecular complexity index is 513. The fourth-order valence-corrected chi connectivity index (χ4v) is 2.23. The molecule has 0 aromatic heterocycles. The molecule has 0 atom stereocenters. The highest BCUT2D eigenvalue weighted by Crippen LogP contribution is 2.10. The second-order valence-electron chi connectivity index (χ2n) is 5.13. The first-order chi connectivity index (χ1) is 11.2. The maximum absolute atomic E-state index is 11.8. The number of benzene rings is 1. The van der Waals surface area contributed by atoms with Crippen molar-refractivity contribution >= 4 is 17.7 Å². The molecule has 0 unspecified atom stereocenters. The van der Waals surface area contributed by atoms with Crippen molar-refractivity contribution in [2.24, 2.45) is 0 Å². The minimum Gasteiger partial charge on any atom is -0.462 e.